The smallest absolute Gasteiger partial charge is 0.412 e. The molecule has 5 nitrogen and oxygen atoms in total. The lowest BCUT2D eigenvalue weighted by atomic mass is 9.85. The SMILES string of the molecule is C#C.CC.COc1ccc(C2=C[C@H](C(F)(F)F)NC(=O)C2(F)C#N)cc1.FC(F)(F)CCCOc1ccccc1. The Kier molecular flexibility index (Phi) is 15.0. The third kappa shape index (κ3) is 11.3. The third-order valence-electron chi connectivity index (χ3n) is 4.83. The zero-order valence-corrected chi connectivity index (χ0v) is 21.9. The predicted octanol–water partition coefficient (Wildman–Crippen LogP) is 7.05. The van der Waals surface area contributed by atoms with E-state index in [1.807, 2.05) is 19.9 Å². The first-order valence-corrected chi connectivity index (χ1v) is 11.7. The highest BCUT2D eigenvalue weighted by atomic mass is 19.4. The van der Waals surface area contributed by atoms with Gasteiger partial charge in [0.1, 0.15) is 23.6 Å². The van der Waals surface area contributed by atoms with Crippen LogP contribution in [0, 0.1) is 24.2 Å². The maximum atomic E-state index is 14.5. The second-order valence-electron chi connectivity index (χ2n) is 7.45. The van der Waals surface area contributed by atoms with E-state index >= 15 is 0 Å². The van der Waals surface area contributed by atoms with Crippen molar-refractivity contribution < 1.29 is 45.0 Å². The molecule has 0 aliphatic carbocycles. The number of nitriles is 1. The summed E-state index contributed by atoms with van der Waals surface area (Å²) in [6.45, 7) is 4.10. The lowest BCUT2D eigenvalue weighted by molar-refractivity contribution is -0.156. The number of halogens is 7. The van der Waals surface area contributed by atoms with E-state index in [2.05, 4.69) is 12.8 Å². The van der Waals surface area contributed by atoms with Crippen molar-refractivity contribution in [1.82, 2.24) is 5.32 Å². The maximum Gasteiger partial charge on any atom is 0.412 e. The van der Waals surface area contributed by atoms with Crippen molar-refractivity contribution in [3.05, 3.63) is 66.2 Å². The van der Waals surface area contributed by atoms with Crippen molar-refractivity contribution in [2.75, 3.05) is 13.7 Å². The molecule has 1 aliphatic heterocycles. The Hall–Kier alpha value is -4.19. The number of carbonyl (C=O) groups excluding carboxylic acids is 1. The molecular formula is C28H29F7N2O3. The van der Waals surface area contributed by atoms with Crippen LogP contribution >= 0.6 is 0 Å². The number of amides is 1. The number of carbonyl (C=O) groups is 1. The Morgan fingerprint density at radius 1 is 0.975 bits per heavy atom. The van der Waals surface area contributed by atoms with E-state index in [1.54, 1.807) is 24.3 Å². The maximum absolute atomic E-state index is 14.5. The number of rotatable bonds is 6. The minimum atomic E-state index is -4.79. The zero-order chi connectivity index (χ0) is 31.0. The average Bonchev–Trinajstić information content (AvgIpc) is 2.94. The van der Waals surface area contributed by atoms with Crippen LogP contribution in [-0.2, 0) is 4.79 Å². The fourth-order valence-electron chi connectivity index (χ4n) is 3.02. The molecular weight excluding hydrogens is 545 g/mol. The number of methoxy groups -OCH3 is 1. The summed E-state index contributed by atoms with van der Waals surface area (Å²) in [5.74, 6) is -0.626. The van der Waals surface area contributed by atoms with E-state index in [1.165, 1.54) is 36.7 Å². The molecule has 2 aromatic carbocycles. The monoisotopic (exact) mass is 574 g/mol. The molecule has 0 saturated carbocycles. The fraction of sp³-hybridized carbons (Fsp3) is 0.357. The number of nitrogens with zero attached hydrogens (tertiary/aromatic N) is 1. The van der Waals surface area contributed by atoms with E-state index in [0.717, 1.165) is 6.07 Å². The van der Waals surface area contributed by atoms with E-state index < -0.39 is 42.0 Å². The number of para-hydroxylation sites is 1. The number of nitrogens with one attached hydrogen (secondary N) is 1. The molecule has 2 aromatic rings. The van der Waals surface area contributed by atoms with Gasteiger partial charge in [0.2, 0.25) is 0 Å². The molecule has 0 fully saturated rings. The number of terminal acetylenes is 1. The van der Waals surface area contributed by atoms with Crippen molar-refractivity contribution in [3.63, 3.8) is 0 Å². The topological polar surface area (TPSA) is 71.3 Å². The first-order chi connectivity index (χ1) is 18.8. The highest BCUT2D eigenvalue weighted by Gasteiger charge is 2.52. The molecule has 1 N–H and O–H groups in total. The van der Waals surface area contributed by atoms with E-state index in [9.17, 15) is 35.5 Å². The number of benzene rings is 2. The van der Waals surface area contributed by atoms with Gasteiger partial charge in [-0.2, -0.15) is 31.6 Å². The summed E-state index contributed by atoms with van der Waals surface area (Å²) in [6.07, 6.45) is -1.16. The Labute approximate surface area is 228 Å². The first kappa shape index (κ1) is 35.8. The van der Waals surface area contributed by atoms with Gasteiger partial charge in [0.05, 0.1) is 13.7 Å². The summed E-state index contributed by atoms with van der Waals surface area (Å²) in [6, 6.07) is 12.9. The quantitative estimate of drug-likeness (QED) is 0.228. The highest BCUT2D eigenvalue weighted by molar-refractivity contribution is 6.04. The summed E-state index contributed by atoms with van der Waals surface area (Å²) in [5, 5.41) is 10.4. The van der Waals surface area contributed by atoms with Gasteiger partial charge < -0.3 is 14.8 Å². The minimum Gasteiger partial charge on any atom is -0.497 e. The molecule has 0 bridgehead atoms. The largest absolute Gasteiger partial charge is 0.497 e. The van der Waals surface area contributed by atoms with Gasteiger partial charge in [0.15, 0.2) is 0 Å². The molecule has 218 valence electrons. The van der Waals surface area contributed by atoms with Crippen LogP contribution in [0.25, 0.3) is 5.57 Å². The molecule has 3 rings (SSSR count). The van der Waals surface area contributed by atoms with Gasteiger partial charge >= 0.3 is 12.4 Å². The standard InChI is InChI=1S/C14H10F4N2O2.C10H11F3O.C2H6.C2H2/c1-22-9-4-2-8(3-5-9)10-6-11(14(16,17)18)20-12(21)13(10,15)7-19;11-10(12,13)7-4-8-14-9-5-2-1-3-6-9;2*1-2/h2-6,11H,1H3,(H,20,21);1-3,5-6H,4,7-8H2;1-2H3;1-2H/t11-,13?;;;/m1.../s1. The molecule has 0 saturated heterocycles. The summed E-state index contributed by atoms with van der Waals surface area (Å²) in [4.78, 5) is 11.6. The number of hydrogen-bond acceptors (Lipinski definition) is 4. The van der Waals surface area contributed by atoms with Gasteiger partial charge in [0, 0.05) is 12.0 Å². The molecule has 0 aromatic heterocycles. The number of alkyl halides is 7. The van der Waals surface area contributed by atoms with Crippen LogP contribution in [0.1, 0.15) is 32.3 Å². The Morgan fingerprint density at radius 3 is 1.98 bits per heavy atom. The third-order valence-corrected chi connectivity index (χ3v) is 4.83. The molecule has 12 heteroatoms. The van der Waals surface area contributed by atoms with Crippen LogP contribution in [0.15, 0.2) is 60.7 Å². The second-order valence-corrected chi connectivity index (χ2v) is 7.45. The number of hydrogen-bond donors (Lipinski definition) is 1. The van der Waals surface area contributed by atoms with Crippen molar-refractivity contribution in [2.45, 2.75) is 50.8 Å². The van der Waals surface area contributed by atoms with Crippen LogP contribution in [0.4, 0.5) is 30.7 Å². The highest BCUT2D eigenvalue weighted by Crippen LogP contribution is 2.38. The summed E-state index contributed by atoms with van der Waals surface area (Å²) in [7, 11) is 1.39. The van der Waals surface area contributed by atoms with Gasteiger partial charge in [-0.15, -0.1) is 12.8 Å². The van der Waals surface area contributed by atoms with Crippen LogP contribution < -0.4 is 14.8 Å². The van der Waals surface area contributed by atoms with Gasteiger partial charge in [-0.3, -0.25) is 4.79 Å². The van der Waals surface area contributed by atoms with Crippen molar-refractivity contribution in [1.29, 1.82) is 5.26 Å². The van der Waals surface area contributed by atoms with Crippen LogP contribution in [0.2, 0.25) is 0 Å². The average molecular weight is 575 g/mol. The second kappa shape index (κ2) is 16.7. The van der Waals surface area contributed by atoms with E-state index in [0.29, 0.717) is 17.6 Å². The normalized spacial score (nSPS) is 17.9. The predicted molar refractivity (Wildman–Crippen MR) is 137 cm³/mol. The lowest BCUT2D eigenvalue weighted by Gasteiger charge is -2.30. The summed E-state index contributed by atoms with van der Waals surface area (Å²) in [5.41, 5.74) is -3.83. The molecule has 1 aliphatic rings. The minimum absolute atomic E-state index is 0.00159. The molecule has 40 heavy (non-hydrogen) atoms. The van der Waals surface area contributed by atoms with Crippen molar-refractivity contribution >= 4 is 11.5 Å². The Morgan fingerprint density at radius 2 is 1.52 bits per heavy atom. The van der Waals surface area contributed by atoms with Crippen molar-refractivity contribution in [2.24, 2.45) is 0 Å². The molecule has 1 unspecified atom stereocenters. The lowest BCUT2D eigenvalue weighted by Crippen LogP contribution is -2.55. The van der Waals surface area contributed by atoms with E-state index in [4.69, 9.17) is 14.7 Å². The zero-order valence-electron chi connectivity index (χ0n) is 21.9. The summed E-state index contributed by atoms with van der Waals surface area (Å²) < 4.78 is 98.1. The van der Waals surface area contributed by atoms with Crippen molar-refractivity contribution in [3.8, 4) is 30.4 Å². The fourth-order valence-corrected chi connectivity index (χ4v) is 3.02. The van der Waals surface area contributed by atoms with E-state index in [-0.39, 0.29) is 18.6 Å². The van der Waals surface area contributed by atoms with Crippen LogP contribution in [0.5, 0.6) is 11.5 Å². The Balaban J connectivity index is 0.000000729. The number of ether oxygens (including phenoxy) is 2. The Bertz CT molecular complexity index is 1120. The molecule has 2 atom stereocenters. The summed E-state index contributed by atoms with van der Waals surface area (Å²) >= 11 is 0. The van der Waals surface area contributed by atoms with Gasteiger partial charge in [0.25, 0.3) is 11.6 Å². The molecule has 0 spiro atoms. The first-order valence-electron chi connectivity index (χ1n) is 11.7. The van der Waals surface area contributed by atoms with Crippen LogP contribution in [-0.4, -0.2) is 43.7 Å². The molecule has 0 radical (unpaired) electrons. The molecule has 1 amide bonds. The van der Waals surface area contributed by atoms with Crippen LogP contribution in [0.3, 0.4) is 0 Å². The van der Waals surface area contributed by atoms with Gasteiger partial charge in [-0.25, -0.2) is 4.39 Å². The van der Waals surface area contributed by atoms with Gasteiger partial charge in [-0.05, 0) is 42.3 Å². The molecule has 1 heterocycles. The van der Waals surface area contributed by atoms with Gasteiger partial charge in [-0.1, -0.05) is 44.2 Å².